The number of rotatable bonds is 8. The molecule has 138 valence electrons. The van der Waals surface area contributed by atoms with E-state index in [1.165, 1.54) is 0 Å². The highest BCUT2D eigenvalue weighted by atomic mass is 35.5. The fourth-order valence-electron chi connectivity index (χ4n) is 2.68. The molecule has 0 fully saturated rings. The van der Waals surface area contributed by atoms with Crippen LogP contribution in [0.4, 0.5) is 0 Å². The number of nitrogens with zero attached hydrogens (tertiary/aromatic N) is 2. The van der Waals surface area contributed by atoms with Crippen molar-refractivity contribution in [3.05, 3.63) is 95.3 Å². The molecule has 0 aliphatic rings. The van der Waals surface area contributed by atoms with E-state index in [0.29, 0.717) is 30.3 Å². The Morgan fingerprint density at radius 2 is 1.70 bits per heavy atom. The maximum absolute atomic E-state index is 12.8. The molecular weight excluding hydrogens is 360 g/mol. The number of amides is 1. The number of pyridine rings is 1. The fraction of sp³-hybridized carbons (Fsp3) is 0.182. The van der Waals surface area contributed by atoms with Crippen molar-refractivity contribution < 1.29 is 9.53 Å². The number of para-hydroxylation sites is 1. The Morgan fingerprint density at radius 1 is 0.963 bits per heavy atom. The maximum atomic E-state index is 12.8. The average Bonchev–Trinajstić information content (AvgIpc) is 2.72. The van der Waals surface area contributed by atoms with Gasteiger partial charge in [0.05, 0.1) is 5.02 Å². The third-order valence-corrected chi connectivity index (χ3v) is 4.43. The van der Waals surface area contributed by atoms with Gasteiger partial charge in [0.2, 0.25) is 0 Å². The third-order valence-electron chi connectivity index (χ3n) is 4.12. The summed E-state index contributed by atoms with van der Waals surface area (Å²) < 4.78 is 5.63. The topological polar surface area (TPSA) is 42.4 Å². The molecule has 27 heavy (non-hydrogen) atoms. The minimum atomic E-state index is -0.0882. The molecule has 1 aromatic heterocycles. The molecular formula is C22H21ClN2O2. The third kappa shape index (κ3) is 5.83. The highest BCUT2D eigenvalue weighted by Crippen LogP contribution is 2.23. The van der Waals surface area contributed by atoms with Crippen molar-refractivity contribution in [1.29, 1.82) is 0 Å². The molecule has 0 atom stereocenters. The summed E-state index contributed by atoms with van der Waals surface area (Å²) in [5, 5.41) is 0.494. The highest BCUT2D eigenvalue weighted by molar-refractivity contribution is 6.32. The van der Waals surface area contributed by atoms with Crippen LogP contribution in [-0.4, -0.2) is 28.9 Å². The van der Waals surface area contributed by atoms with Crippen LogP contribution in [0.25, 0.3) is 0 Å². The highest BCUT2D eigenvalue weighted by Gasteiger charge is 2.16. The van der Waals surface area contributed by atoms with Gasteiger partial charge in [0.25, 0.3) is 5.91 Å². The van der Waals surface area contributed by atoms with E-state index in [4.69, 9.17) is 16.3 Å². The molecule has 0 saturated heterocycles. The van der Waals surface area contributed by atoms with Crippen molar-refractivity contribution in [2.45, 2.75) is 13.0 Å². The van der Waals surface area contributed by atoms with Crippen LogP contribution in [0, 0.1) is 0 Å². The van der Waals surface area contributed by atoms with Gasteiger partial charge in [-0.05, 0) is 29.8 Å². The van der Waals surface area contributed by atoms with E-state index in [2.05, 4.69) is 4.98 Å². The van der Waals surface area contributed by atoms with Crippen LogP contribution < -0.4 is 4.74 Å². The summed E-state index contributed by atoms with van der Waals surface area (Å²) >= 11 is 6.10. The maximum Gasteiger partial charge on any atom is 0.260 e. The molecule has 2 aromatic carbocycles. The molecule has 3 aromatic rings. The Labute approximate surface area is 164 Å². The van der Waals surface area contributed by atoms with Crippen LogP contribution >= 0.6 is 11.6 Å². The number of ether oxygens (including phenoxy) is 1. The van der Waals surface area contributed by atoms with Crippen LogP contribution in [0.5, 0.6) is 5.75 Å². The molecule has 0 N–H and O–H groups in total. The van der Waals surface area contributed by atoms with Crippen LogP contribution in [0.1, 0.15) is 11.3 Å². The Balaban J connectivity index is 1.66. The number of carbonyl (C=O) groups is 1. The first kappa shape index (κ1) is 18.9. The lowest BCUT2D eigenvalue weighted by atomic mass is 10.2. The Bertz CT molecular complexity index is 856. The molecule has 0 saturated carbocycles. The smallest absolute Gasteiger partial charge is 0.260 e. The second-order valence-corrected chi connectivity index (χ2v) is 6.50. The SMILES string of the molecule is O=C(COc1ccccc1Cl)N(CCc1ccccn1)Cc1ccccc1. The number of hydrogen-bond donors (Lipinski definition) is 0. The molecule has 0 spiro atoms. The second kappa shape index (κ2) is 9.74. The first-order valence-electron chi connectivity index (χ1n) is 8.81. The van der Waals surface area contributed by atoms with Gasteiger partial charge in [-0.15, -0.1) is 0 Å². The number of halogens is 1. The number of hydrogen-bond acceptors (Lipinski definition) is 3. The average molecular weight is 381 g/mol. The lowest BCUT2D eigenvalue weighted by Crippen LogP contribution is -2.36. The Morgan fingerprint density at radius 3 is 2.44 bits per heavy atom. The van der Waals surface area contributed by atoms with Gasteiger partial charge < -0.3 is 9.64 Å². The number of benzene rings is 2. The van der Waals surface area contributed by atoms with Crippen molar-refractivity contribution in [3.8, 4) is 5.75 Å². The molecule has 1 amide bonds. The largest absolute Gasteiger partial charge is 0.482 e. The second-order valence-electron chi connectivity index (χ2n) is 6.09. The van der Waals surface area contributed by atoms with Gasteiger partial charge in [0.1, 0.15) is 5.75 Å². The molecule has 0 bridgehead atoms. The van der Waals surface area contributed by atoms with E-state index in [0.717, 1.165) is 11.3 Å². The number of carbonyl (C=O) groups excluding carboxylic acids is 1. The van der Waals surface area contributed by atoms with Crippen LogP contribution in [0.2, 0.25) is 5.02 Å². The minimum Gasteiger partial charge on any atom is -0.482 e. The van der Waals surface area contributed by atoms with Crippen molar-refractivity contribution in [1.82, 2.24) is 9.88 Å². The first-order chi connectivity index (χ1) is 13.2. The van der Waals surface area contributed by atoms with Gasteiger partial charge in [-0.2, -0.15) is 0 Å². The summed E-state index contributed by atoms with van der Waals surface area (Å²) in [6, 6.07) is 22.9. The lowest BCUT2D eigenvalue weighted by Gasteiger charge is -2.23. The minimum absolute atomic E-state index is 0.0568. The number of aromatic nitrogens is 1. The predicted molar refractivity (Wildman–Crippen MR) is 107 cm³/mol. The summed E-state index contributed by atoms with van der Waals surface area (Å²) in [5.41, 5.74) is 2.03. The summed E-state index contributed by atoms with van der Waals surface area (Å²) in [5.74, 6) is 0.423. The molecule has 5 heteroatoms. The van der Waals surface area contributed by atoms with E-state index >= 15 is 0 Å². The zero-order valence-electron chi connectivity index (χ0n) is 14.9. The van der Waals surface area contributed by atoms with E-state index in [1.54, 1.807) is 23.2 Å². The molecule has 0 unspecified atom stereocenters. The summed E-state index contributed by atoms with van der Waals surface area (Å²) in [4.78, 5) is 18.9. The molecule has 0 aliphatic heterocycles. The van der Waals surface area contributed by atoms with Crippen LogP contribution in [-0.2, 0) is 17.8 Å². The molecule has 0 aliphatic carbocycles. The van der Waals surface area contributed by atoms with Gasteiger partial charge in [-0.1, -0.05) is 60.1 Å². The molecule has 0 radical (unpaired) electrons. The van der Waals surface area contributed by atoms with E-state index in [-0.39, 0.29) is 12.5 Å². The standard InChI is InChI=1S/C22H21ClN2O2/c23-20-11-4-5-12-21(20)27-17-22(26)25(16-18-8-2-1-3-9-18)15-13-19-10-6-7-14-24-19/h1-12,14H,13,15-17H2. The lowest BCUT2D eigenvalue weighted by molar-refractivity contribution is -0.134. The van der Waals surface area contributed by atoms with Crippen molar-refractivity contribution in [2.75, 3.05) is 13.2 Å². The predicted octanol–water partition coefficient (Wildman–Crippen LogP) is 4.39. The van der Waals surface area contributed by atoms with Crippen LogP contribution in [0.3, 0.4) is 0 Å². The van der Waals surface area contributed by atoms with Gasteiger partial charge in [-0.25, -0.2) is 0 Å². The van der Waals surface area contributed by atoms with E-state index < -0.39 is 0 Å². The van der Waals surface area contributed by atoms with E-state index in [1.807, 2.05) is 60.7 Å². The van der Waals surface area contributed by atoms with Crippen molar-refractivity contribution >= 4 is 17.5 Å². The molecule has 1 heterocycles. The quantitative estimate of drug-likeness (QED) is 0.582. The summed E-state index contributed by atoms with van der Waals surface area (Å²) in [6.07, 6.45) is 2.45. The van der Waals surface area contributed by atoms with E-state index in [9.17, 15) is 4.79 Å². The monoisotopic (exact) mass is 380 g/mol. The van der Waals surface area contributed by atoms with Crippen LogP contribution in [0.15, 0.2) is 79.0 Å². The normalized spacial score (nSPS) is 10.4. The zero-order chi connectivity index (χ0) is 18.9. The van der Waals surface area contributed by atoms with Gasteiger partial charge >= 0.3 is 0 Å². The van der Waals surface area contributed by atoms with Crippen molar-refractivity contribution in [2.24, 2.45) is 0 Å². The molecule has 4 nitrogen and oxygen atoms in total. The zero-order valence-corrected chi connectivity index (χ0v) is 15.7. The summed E-state index contributed by atoms with van der Waals surface area (Å²) in [7, 11) is 0. The summed E-state index contributed by atoms with van der Waals surface area (Å²) in [6.45, 7) is 1.04. The van der Waals surface area contributed by atoms with Crippen molar-refractivity contribution in [3.63, 3.8) is 0 Å². The molecule has 3 rings (SSSR count). The Kier molecular flexibility index (Phi) is 6.83. The first-order valence-corrected chi connectivity index (χ1v) is 9.19. The fourth-order valence-corrected chi connectivity index (χ4v) is 2.87. The van der Waals surface area contributed by atoms with Gasteiger partial charge in [0, 0.05) is 31.4 Å². The van der Waals surface area contributed by atoms with Gasteiger partial charge in [-0.3, -0.25) is 9.78 Å². The Hall–Kier alpha value is -2.85. The van der Waals surface area contributed by atoms with Gasteiger partial charge in [0.15, 0.2) is 6.61 Å².